The number of piperidine rings is 1. The number of fused-ring (bicyclic) bond motifs is 1. The van der Waals surface area contributed by atoms with Crippen LogP contribution in [0.2, 0.25) is 0 Å². The fourth-order valence-electron chi connectivity index (χ4n) is 6.50. The summed E-state index contributed by atoms with van der Waals surface area (Å²) in [6, 6.07) is 2.76. The molecule has 0 radical (unpaired) electrons. The predicted molar refractivity (Wildman–Crippen MR) is 122 cm³/mol. The molecule has 1 N–H and O–H groups in total. The second kappa shape index (κ2) is 8.63. The third kappa shape index (κ3) is 3.70. The van der Waals surface area contributed by atoms with Gasteiger partial charge in [0.05, 0.1) is 6.54 Å². The molecule has 6 rings (SSSR count). The molecule has 3 heterocycles. The molecule has 1 aromatic rings. The number of rotatable bonds is 5. The fourth-order valence-corrected chi connectivity index (χ4v) is 6.50. The molecule has 8 heteroatoms. The highest BCUT2D eigenvalue weighted by molar-refractivity contribution is 6.05. The zero-order valence-corrected chi connectivity index (χ0v) is 19.4. The molecule has 0 aromatic heterocycles. The predicted octanol–water partition coefficient (Wildman–Crippen LogP) is 3.01. The number of benzene rings is 1. The first-order chi connectivity index (χ1) is 16.5. The minimum Gasteiger partial charge on any atom is -0.486 e. The molecule has 34 heavy (non-hydrogen) atoms. The summed E-state index contributed by atoms with van der Waals surface area (Å²) >= 11 is 0. The number of carbonyl (C=O) groups excluding carboxylic acids is 3. The van der Waals surface area contributed by atoms with E-state index < -0.39 is 17.8 Å². The van der Waals surface area contributed by atoms with Gasteiger partial charge in [-0.2, -0.15) is 0 Å². The van der Waals surface area contributed by atoms with Gasteiger partial charge in [0.15, 0.2) is 11.6 Å². The van der Waals surface area contributed by atoms with Crippen LogP contribution in [0, 0.1) is 17.7 Å². The van der Waals surface area contributed by atoms with Crippen LogP contribution in [-0.2, 0) is 16.1 Å². The number of likely N-dealkylation sites (tertiary alicyclic amines) is 1. The number of nitrogens with zero attached hydrogens (tertiary/aromatic N) is 2. The molecule has 0 spiro atoms. The van der Waals surface area contributed by atoms with Gasteiger partial charge in [-0.15, -0.1) is 0 Å². The average molecular weight is 470 g/mol. The Balaban J connectivity index is 1.16. The van der Waals surface area contributed by atoms with Gasteiger partial charge in [0, 0.05) is 36.7 Å². The highest BCUT2D eigenvalue weighted by Crippen LogP contribution is 2.41. The number of ether oxygens (including phenoxy) is 1. The van der Waals surface area contributed by atoms with Crippen molar-refractivity contribution in [2.75, 3.05) is 13.1 Å². The van der Waals surface area contributed by atoms with E-state index in [1.54, 1.807) is 12.1 Å². The Bertz CT molecular complexity index is 1020. The maximum Gasteiger partial charge on any atom is 0.255 e. The van der Waals surface area contributed by atoms with Crippen LogP contribution in [0.15, 0.2) is 12.1 Å². The number of nitrogens with one attached hydrogen (secondary N) is 1. The zero-order valence-electron chi connectivity index (χ0n) is 19.4. The summed E-state index contributed by atoms with van der Waals surface area (Å²) in [6.07, 6.45) is 8.75. The van der Waals surface area contributed by atoms with Crippen molar-refractivity contribution in [3.63, 3.8) is 0 Å². The Morgan fingerprint density at radius 3 is 2.47 bits per heavy atom. The lowest BCUT2D eigenvalue weighted by molar-refractivity contribution is -0.136. The first-order valence-corrected chi connectivity index (χ1v) is 12.9. The fraction of sp³-hybridized carbons (Fsp3) is 0.654. The molecule has 0 bridgehead atoms. The summed E-state index contributed by atoms with van der Waals surface area (Å²) < 4.78 is 21.9. The van der Waals surface area contributed by atoms with Crippen molar-refractivity contribution in [3.05, 3.63) is 29.1 Å². The summed E-state index contributed by atoms with van der Waals surface area (Å²) in [5.41, 5.74) is 0.564. The molecule has 3 aliphatic heterocycles. The Morgan fingerprint density at radius 2 is 1.74 bits per heavy atom. The van der Waals surface area contributed by atoms with Crippen molar-refractivity contribution in [1.82, 2.24) is 15.1 Å². The van der Waals surface area contributed by atoms with Gasteiger partial charge in [-0.1, -0.05) is 25.7 Å². The number of imide groups is 1. The molecule has 7 nitrogen and oxygen atoms in total. The smallest absolute Gasteiger partial charge is 0.255 e. The monoisotopic (exact) mass is 469 g/mol. The number of amides is 3. The van der Waals surface area contributed by atoms with Crippen molar-refractivity contribution in [2.45, 2.75) is 82.5 Å². The van der Waals surface area contributed by atoms with Crippen LogP contribution in [0.4, 0.5) is 4.39 Å². The maximum absolute atomic E-state index is 15.6. The topological polar surface area (TPSA) is 79.0 Å². The van der Waals surface area contributed by atoms with Crippen molar-refractivity contribution in [3.8, 4) is 5.75 Å². The molecule has 2 aliphatic carbocycles. The van der Waals surface area contributed by atoms with E-state index >= 15 is 4.39 Å². The third-order valence-electron chi connectivity index (χ3n) is 8.78. The van der Waals surface area contributed by atoms with Crippen molar-refractivity contribution < 1.29 is 23.5 Å². The third-order valence-corrected chi connectivity index (χ3v) is 8.78. The normalized spacial score (nSPS) is 30.6. The molecular formula is C26H32FN3O4. The molecule has 5 aliphatic rings. The highest BCUT2D eigenvalue weighted by Gasteiger charge is 2.44. The van der Waals surface area contributed by atoms with Crippen LogP contribution in [0.25, 0.3) is 0 Å². The largest absolute Gasteiger partial charge is 0.486 e. The first-order valence-electron chi connectivity index (χ1n) is 12.9. The summed E-state index contributed by atoms with van der Waals surface area (Å²) in [5, 5.41) is 2.28. The zero-order chi connectivity index (χ0) is 23.4. The van der Waals surface area contributed by atoms with Gasteiger partial charge in [0.25, 0.3) is 5.91 Å². The Morgan fingerprint density at radius 1 is 0.941 bits per heavy atom. The quantitative estimate of drug-likeness (QED) is 0.671. The Hall–Kier alpha value is -2.48. The SMILES string of the molecule is O=C1CCC(N2Cc3c(ccc(O[C@H]4CCCC[C@@H]4N4CC(C5CCC5)C4)c3F)C2=O)C(=O)N1. The number of halogens is 1. The molecule has 3 atom stereocenters. The Labute approximate surface area is 199 Å². The molecule has 2 saturated heterocycles. The van der Waals surface area contributed by atoms with E-state index in [2.05, 4.69) is 10.2 Å². The van der Waals surface area contributed by atoms with Crippen LogP contribution in [0.1, 0.15) is 73.7 Å². The van der Waals surface area contributed by atoms with Crippen molar-refractivity contribution in [1.29, 1.82) is 0 Å². The minimum absolute atomic E-state index is 0.0206. The van der Waals surface area contributed by atoms with Crippen LogP contribution in [0.3, 0.4) is 0 Å². The maximum atomic E-state index is 15.6. The summed E-state index contributed by atoms with van der Waals surface area (Å²) in [7, 11) is 0. The first kappa shape index (κ1) is 22.0. The second-order valence-corrected chi connectivity index (χ2v) is 10.7. The van der Waals surface area contributed by atoms with Crippen LogP contribution >= 0.6 is 0 Å². The molecule has 2 saturated carbocycles. The molecular weight excluding hydrogens is 437 g/mol. The molecule has 1 unspecified atom stereocenters. The average Bonchev–Trinajstić information content (AvgIpc) is 3.09. The standard InChI is InChI=1S/C26H32FN3O4/c27-24-18-14-30(20-9-11-23(31)28-25(20)32)26(33)17(18)8-10-22(24)34-21-7-2-1-6-19(21)29-12-16(13-29)15-4-3-5-15/h8,10,15-16,19-21H,1-7,9,11-14H2,(H,28,31,32)/t19-,20?,21-/m0/s1. The van der Waals surface area contributed by atoms with Gasteiger partial charge in [0.1, 0.15) is 12.1 Å². The summed E-state index contributed by atoms with van der Waals surface area (Å²) in [5.74, 6) is 0.221. The van der Waals surface area contributed by atoms with Crippen LogP contribution in [0.5, 0.6) is 5.75 Å². The van der Waals surface area contributed by atoms with E-state index in [0.717, 1.165) is 44.2 Å². The number of carbonyl (C=O) groups is 3. The minimum atomic E-state index is -0.751. The van der Waals surface area contributed by atoms with E-state index in [1.165, 1.54) is 30.6 Å². The van der Waals surface area contributed by atoms with Gasteiger partial charge in [-0.05, 0) is 49.7 Å². The summed E-state index contributed by atoms with van der Waals surface area (Å²) in [4.78, 5) is 40.6. The van der Waals surface area contributed by atoms with E-state index in [9.17, 15) is 14.4 Å². The lowest BCUT2D eigenvalue weighted by Crippen LogP contribution is -2.60. The lowest BCUT2D eigenvalue weighted by atomic mass is 9.71. The van der Waals surface area contributed by atoms with Crippen LogP contribution < -0.4 is 10.1 Å². The molecule has 3 amide bonds. The van der Waals surface area contributed by atoms with E-state index in [-0.39, 0.29) is 54.2 Å². The lowest BCUT2D eigenvalue weighted by Gasteiger charge is -2.52. The van der Waals surface area contributed by atoms with Gasteiger partial charge in [-0.3, -0.25) is 24.6 Å². The van der Waals surface area contributed by atoms with Gasteiger partial charge < -0.3 is 9.64 Å². The molecule has 182 valence electrons. The number of hydrogen-bond acceptors (Lipinski definition) is 5. The number of hydrogen-bond donors (Lipinski definition) is 1. The van der Waals surface area contributed by atoms with Gasteiger partial charge in [-0.25, -0.2) is 4.39 Å². The summed E-state index contributed by atoms with van der Waals surface area (Å²) in [6.45, 7) is 2.29. The van der Waals surface area contributed by atoms with Crippen molar-refractivity contribution in [2.24, 2.45) is 11.8 Å². The van der Waals surface area contributed by atoms with E-state index in [0.29, 0.717) is 6.04 Å². The van der Waals surface area contributed by atoms with E-state index in [4.69, 9.17) is 4.74 Å². The molecule has 1 aromatic carbocycles. The Kier molecular flexibility index (Phi) is 5.59. The van der Waals surface area contributed by atoms with Gasteiger partial charge in [0.2, 0.25) is 11.8 Å². The second-order valence-electron chi connectivity index (χ2n) is 10.7. The van der Waals surface area contributed by atoms with Gasteiger partial charge >= 0.3 is 0 Å². The van der Waals surface area contributed by atoms with Crippen molar-refractivity contribution >= 4 is 17.7 Å². The molecule has 4 fully saturated rings. The highest BCUT2D eigenvalue weighted by atomic mass is 19.1. The van der Waals surface area contributed by atoms with E-state index in [1.807, 2.05) is 0 Å². The van der Waals surface area contributed by atoms with Crippen LogP contribution in [-0.4, -0.2) is 58.8 Å².